The lowest BCUT2D eigenvalue weighted by Crippen LogP contribution is -2.02. The molecule has 0 spiro atoms. The van der Waals surface area contributed by atoms with E-state index in [0.717, 1.165) is 16.7 Å². The molecule has 0 amide bonds. The number of carbonyl (C=O) groups is 1. The summed E-state index contributed by atoms with van der Waals surface area (Å²) in [7, 11) is 1.26. The monoisotopic (exact) mass is 254 g/mol. The van der Waals surface area contributed by atoms with Crippen molar-refractivity contribution in [3.05, 3.63) is 66.7 Å². The van der Waals surface area contributed by atoms with Crippen LogP contribution in [0.1, 0.15) is 5.56 Å². The Hall–Kier alpha value is -2.55. The summed E-state index contributed by atoms with van der Waals surface area (Å²) in [5.74, 6) is 0.270. The van der Waals surface area contributed by atoms with E-state index in [4.69, 9.17) is 4.74 Å². The zero-order chi connectivity index (χ0) is 13.7. The summed E-state index contributed by atoms with van der Waals surface area (Å²) in [6, 6.07) is 17.6. The first-order valence-electron chi connectivity index (χ1n) is 5.81. The average molecular weight is 254 g/mol. The van der Waals surface area contributed by atoms with Crippen LogP contribution in [-0.2, 0) is 9.47 Å². The average Bonchev–Trinajstić information content (AvgIpc) is 2.48. The third kappa shape index (κ3) is 3.22. The van der Waals surface area contributed by atoms with Gasteiger partial charge < -0.3 is 9.47 Å². The predicted molar refractivity (Wildman–Crippen MR) is 74.4 cm³/mol. The second-order valence-electron chi connectivity index (χ2n) is 3.92. The van der Waals surface area contributed by atoms with Crippen LogP contribution >= 0.6 is 0 Å². The first-order chi connectivity index (χ1) is 9.20. The molecule has 0 saturated heterocycles. The van der Waals surface area contributed by atoms with Gasteiger partial charge in [0, 0.05) is 5.56 Å². The lowest BCUT2D eigenvalue weighted by molar-refractivity contribution is 0.112. The lowest BCUT2D eigenvalue weighted by Gasteiger charge is -2.07. The van der Waals surface area contributed by atoms with Crippen LogP contribution in [0, 0.1) is 0 Å². The highest BCUT2D eigenvalue weighted by Crippen LogP contribution is 2.22. The van der Waals surface area contributed by atoms with E-state index < -0.39 is 6.16 Å². The van der Waals surface area contributed by atoms with Crippen molar-refractivity contribution in [2.24, 2.45) is 0 Å². The summed E-state index contributed by atoms with van der Waals surface area (Å²) >= 11 is 0. The summed E-state index contributed by atoms with van der Waals surface area (Å²) in [5.41, 5.74) is 2.97. The fourth-order valence-electron chi connectivity index (χ4n) is 1.68. The number of hydrogen-bond acceptors (Lipinski definition) is 3. The molecule has 0 unspecified atom stereocenters. The molecule has 0 atom stereocenters. The van der Waals surface area contributed by atoms with Crippen LogP contribution in [0.4, 0.5) is 4.79 Å². The zero-order valence-corrected chi connectivity index (χ0v) is 10.6. The van der Waals surface area contributed by atoms with Crippen molar-refractivity contribution in [2.75, 3.05) is 7.11 Å². The molecule has 2 aromatic carbocycles. The van der Waals surface area contributed by atoms with Crippen LogP contribution in [-0.4, -0.2) is 13.3 Å². The van der Waals surface area contributed by atoms with E-state index in [0.29, 0.717) is 0 Å². The molecule has 2 rings (SSSR count). The van der Waals surface area contributed by atoms with Crippen molar-refractivity contribution in [3.8, 4) is 11.1 Å². The molecular weight excluding hydrogens is 240 g/mol. The molecule has 96 valence electrons. The molecule has 19 heavy (non-hydrogen) atoms. The maximum atomic E-state index is 11.0. The first kappa shape index (κ1) is 12.9. The van der Waals surface area contributed by atoms with Crippen molar-refractivity contribution in [1.82, 2.24) is 0 Å². The Kier molecular flexibility index (Phi) is 3.98. The summed E-state index contributed by atoms with van der Waals surface area (Å²) in [6.45, 7) is 3.69. The Morgan fingerprint density at radius 3 is 2.11 bits per heavy atom. The molecule has 0 aliphatic heterocycles. The van der Waals surface area contributed by atoms with E-state index in [1.165, 1.54) is 7.11 Å². The molecule has 3 heteroatoms. The van der Waals surface area contributed by atoms with Gasteiger partial charge in [-0.25, -0.2) is 4.79 Å². The lowest BCUT2D eigenvalue weighted by atomic mass is 10.0. The van der Waals surface area contributed by atoms with E-state index in [9.17, 15) is 4.79 Å². The summed E-state index contributed by atoms with van der Waals surface area (Å²) in [4.78, 5) is 11.0. The normalized spacial score (nSPS) is 9.74. The van der Waals surface area contributed by atoms with Crippen molar-refractivity contribution >= 4 is 11.9 Å². The van der Waals surface area contributed by atoms with Crippen LogP contribution in [0.5, 0.6) is 0 Å². The maximum absolute atomic E-state index is 11.0. The van der Waals surface area contributed by atoms with Crippen LogP contribution < -0.4 is 0 Å². The van der Waals surface area contributed by atoms with Gasteiger partial charge in [0.1, 0.15) is 5.76 Å². The molecular formula is C16H14O3. The maximum Gasteiger partial charge on any atom is 0.513 e. The fourth-order valence-corrected chi connectivity index (χ4v) is 1.68. The molecule has 0 N–H and O–H groups in total. The number of carbonyl (C=O) groups excluding carboxylic acids is 1. The Bertz CT molecular complexity index is 571. The Balaban J connectivity index is 2.15. The van der Waals surface area contributed by atoms with Gasteiger partial charge in [0.25, 0.3) is 0 Å². The zero-order valence-electron chi connectivity index (χ0n) is 10.6. The van der Waals surface area contributed by atoms with Gasteiger partial charge in [0.05, 0.1) is 7.11 Å². The van der Waals surface area contributed by atoms with Crippen molar-refractivity contribution in [3.63, 3.8) is 0 Å². The Labute approximate surface area is 112 Å². The van der Waals surface area contributed by atoms with Gasteiger partial charge in [-0.3, -0.25) is 0 Å². The van der Waals surface area contributed by atoms with Gasteiger partial charge in [-0.2, -0.15) is 0 Å². The quantitative estimate of drug-likeness (QED) is 0.611. The Morgan fingerprint density at radius 1 is 0.947 bits per heavy atom. The van der Waals surface area contributed by atoms with Crippen LogP contribution in [0.3, 0.4) is 0 Å². The largest absolute Gasteiger partial charge is 0.513 e. The van der Waals surface area contributed by atoms with Gasteiger partial charge in [-0.15, -0.1) is 0 Å². The third-order valence-corrected chi connectivity index (χ3v) is 2.69. The number of benzene rings is 2. The number of hydrogen-bond donors (Lipinski definition) is 0. The Morgan fingerprint density at radius 2 is 1.53 bits per heavy atom. The molecule has 0 saturated carbocycles. The highest BCUT2D eigenvalue weighted by molar-refractivity contribution is 5.73. The van der Waals surface area contributed by atoms with Gasteiger partial charge in [0.2, 0.25) is 0 Å². The number of methoxy groups -OCH3 is 1. The van der Waals surface area contributed by atoms with Crippen molar-refractivity contribution < 1.29 is 14.3 Å². The van der Waals surface area contributed by atoms with E-state index >= 15 is 0 Å². The van der Waals surface area contributed by atoms with Crippen molar-refractivity contribution in [1.29, 1.82) is 0 Å². The van der Waals surface area contributed by atoms with Crippen molar-refractivity contribution in [2.45, 2.75) is 0 Å². The SMILES string of the molecule is C=C(OC(=O)OC)c1ccc(-c2ccccc2)cc1. The van der Waals surface area contributed by atoms with Gasteiger partial charge in [0.15, 0.2) is 0 Å². The molecule has 0 aliphatic rings. The molecule has 0 bridgehead atoms. The third-order valence-electron chi connectivity index (χ3n) is 2.69. The highest BCUT2D eigenvalue weighted by atomic mass is 16.7. The molecule has 0 radical (unpaired) electrons. The fraction of sp³-hybridized carbons (Fsp3) is 0.0625. The molecule has 2 aromatic rings. The smallest absolute Gasteiger partial charge is 0.437 e. The number of ether oxygens (including phenoxy) is 2. The molecule has 0 fully saturated rings. The first-order valence-corrected chi connectivity index (χ1v) is 5.81. The molecule has 0 heterocycles. The minimum absolute atomic E-state index is 0.270. The second kappa shape index (κ2) is 5.87. The van der Waals surface area contributed by atoms with Gasteiger partial charge in [-0.1, -0.05) is 61.2 Å². The minimum atomic E-state index is -0.767. The van der Waals surface area contributed by atoms with Gasteiger partial charge >= 0.3 is 6.16 Å². The van der Waals surface area contributed by atoms with E-state index in [1.807, 2.05) is 54.6 Å². The molecule has 3 nitrogen and oxygen atoms in total. The topological polar surface area (TPSA) is 35.5 Å². The predicted octanol–water partition coefficient (Wildman–Crippen LogP) is 4.11. The standard InChI is InChI=1S/C16H14O3/c1-12(19-16(17)18-2)13-8-10-15(11-9-13)14-6-4-3-5-7-14/h3-11H,1H2,2H3. The van der Waals surface area contributed by atoms with Crippen LogP contribution in [0.15, 0.2) is 61.2 Å². The summed E-state index contributed by atoms with van der Waals surface area (Å²) in [6.07, 6.45) is -0.767. The van der Waals surface area contributed by atoms with E-state index in [-0.39, 0.29) is 5.76 Å². The van der Waals surface area contributed by atoms with E-state index in [1.54, 1.807) is 0 Å². The highest BCUT2D eigenvalue weighted by Gasteiger charge is 2.07. The van der Waals surface area contributed by atoms with Gasteiger partial charge in [-0.05, 0) is 11.1 Å². The molecule has 0 aromatic heterocycles. The van der Waals surface area contributed by atoms with Crippen LogP contribution in [0.25, 0.3) is 16.9 Å². The van der Waals surface area contributed by atoms with E-state index in [2.05, 4.69) is 11.3 Å². The summed E-state index contributed by atoms with van der Waals surface area (Å²) < 4.78 is 9.29. The second-order valence-corrected chi connectivity index (χ2v) is 3.92. The number of rotatable bonds is 3. The summed E-state index contributed by atoms with van der Waals surface area (Å²) in [5, 5.41) is 0. The minimum Gasteiger partial charge on any atom is -0.437 e. The van der Waals surface area contributed by atoms with Crippen LogP contribution in [0.2, 0.25) is 0 Å². The molecule has 0 aliphatic carbocycles.